The van der Waals surface area contributed by atoms with Gasteiger partial charge in [-0.25, -0.2) is 0 Å². The van der Waals surface area contributed by atoms with Crippen LogP contribution in [-0.4, -0.2) is 63.1 Å². The van der Waals surface area contributed by atoms with Crippen LogP contribution in [0, 0.1) is 5.92 Å². The number of hydrogen-bond acceptors (Lipinski definition) is 4. The summed E-state index contributed by atoms with van der Waals surface area (Å²) >= 11 is 0. The summed E-state index contributed by atoms with van der Waals surface area (Å²) in [6, 6.07) is 0. The zero-order chi connectivity index (χ0) is 11.7. The van der Waals surface area contributed by atoms with E-state index in [1.807, 2.05) is 7.05 Å². The normalized spacial score (nSPS) is 15.6. The van der Waals surface area contributed by atoms with Gasteiger partial charge in [-0.2, -0.15) is 0 Å². The lowest BCUT2D eigenvalue weighted by atomic mass is 10.1. The molecule has 0 aliphatic carbocycles. The second-order valence-corrected chi connectivity index (χ2v) is 4.24. The van der Waals surface area contributed by atoms with Gasteiger partial charge in [0.2, 0.25) is 0 Å². The molecule has 0 aliphatic rings. The van der Waals surface area contributed by atoms with Gasteiger partial charge in [0.05, 0.1) is 12.7 Å². The van der Waals surface area contributed by atoms with E-state index in [1.54, 1.807) is 7.11 Å². The zero-order valence-corrected chi connectivity index (χ0v) is 10.5. The van der Waals surface area contributed by atoms with Crippen LogP contribution < -0.4 is 5.32 Å². The molecule has 2 atom stereocenters. The van der Waals surface area contributed by atoms with Crippen molar-refractivity contribution in [3.8, 4) is 0 Å². The second-order valence-electron chi connectivity index (χ2n) is 4.24. The molecule has 15 heavy (non-hydrogen) atoms. The Labute approximate surface area is 93.6 Å². The quantitative estimate of drug-likeness (QED) is 0.579. The van der Waals surface area contributed by atoms with Crippen LogP contribution in [0.25, 0.3) is 0 Å². The zero-order valence-electron chi connectivity index (χ0n) is 10.5. The van der Waals surface area contributed by atoms with Gasteiger partial charge in [-0.3, -0.25) is 0 Å². The van der Waals surface area contributed by atoms with Crippen LogP contribution in [0.5, 0.6) is 0 Å². The highest BCUT2D eigenvalue weighted by molar-refractivity contribution is 4.65. The van der Waals surface area contributed by atoms with Gasteiger partial charge < -0.3 is 20.1 Å². The van der Waals surface area contributed by atoms with Crippen molar-refractivity contribution in [1.29, 1.82) is 0 Å². The average molecular weight is 218 g/mol. The molecule has 0 aromatic carbocycles. The van der Waals surface area contributed by atoms with Crippen LogP contribution >= 0.6 is 0 Å². The topological polar surface area (TPSA) is 44.7 Å². The molecule has 4 nitrogen and oxygen atoms in total. The summed E-state index contributed by atoms with van der Waals surface area (Å²) in [5, 5.41) is 12.8. The lowest BCUT2D eigenvalue weighted by molar-refractivity contribution is 0.0408. The molecule has 0 rings (SSSR count). The Bertz CT molecular complexity index is 145. The minimum absolute atomic E-state index is 0.383. The summed E-state index contributed by atoms with van der Waals surface area (Å²) in [4.78, 5) is 2.14. The summed E-state index contributed by atoms with van der Waals surface area (Å²) in [5.41, 5.74) is 0. The number of aliphatic hydroxyl groups excluding tert-OH is 1. The first-order valence-corrected chi connectivity index (χ1v) is 5.66. The smallest absolute Gasteiger partial charge is 0.0899 e. The number of nitrogens with one attached hydrogen (secondary N) is 1. The molecule has 4 heteroatoms. The van der Waals surface area contributed by atoms with Crippen molar-refractivity contribution in [2.24, 2.45) is 5.92 Å². The van der Waals surface area contributed by atoms with E-state index in [0.29, 0.717) is 19.1 Å². The van der Waals surface area contributed by atoms with E-state index in [2.05, 4.69) is 24.1 Å². The van der Waals surface area contributed by atoms with Gasteiger partial charge in [-0.1, -0.05) is 13.8 Å². The molecule has 0 fully saturated rings. The van der Waals surface area contributed by atoms with Gasteiger partial charge in [0.25, 0.3) is 0 Å². The van der Waals surface area contributed by atoms with E-state index >= 15 is 0 Å². The van der Waals surface area contributed by atoms with E-state index in [4.69, 9.17) is 4.74 Å². The first-order chi connectivity index (χ1) is 7.10. The van der Waals surface area contributed by atoms with E-state index in [1.165, 1.54) is 0 Å². The van der Waals surface area contributed by atoms with Crippen LogP contribution in [0.3, 0.4) is 0 Å². The SMILES string of the molecule is CCNCC(C)CN(C)CC(O)COC. The van der Waals surface area contributed by atoms with E-state index in [0.717, 1.165) is 19.6 Å². The highest BCUT2D eigenvalue weighted by Gasteiger charge is 2.10. The molecule has 92 valence electrons. The predicted octanol–water partition coefficient (Wildman–Crippen LogP) is 0.171. The number of nitrogens with zero attached hydrogens (tertiary/aromatic N) is 1. The van der Waals surface area contributed by atoms with Crippen molar-refractivity contribution in [1.82, 2.24) is 10.2 Å². The number of methoxy groups -OCH3 is 1. The Morgan fingerprint density at radius 1 is 1.40 bits per heavy atom. The highest BCUT2D eigenvalue weighted by Crippen LogP contribution is 1.98. The molecule has 0 saturated carbocycles. The molecule has 0 amide bonds. The summed E-state index contributed by atoms with van der Waals surface area (Å²) in [6.45, 7) is 8.44. The van der Waals surface area contributed by atoms with Crippen molar-refractivity contribution >= 4 is 0 Å². The fourth-order valence-corrected chi connectivity index (χ4v) is 1.67. The highest BCUT2D eigenvalue weighted by atomic mass is 16.5. The molecule has 0 saturated heterocycles. The maximum atomic E-state index is 9.53. The van der Waals surface area contributed by atoms with Gasteiger partial charge in [-0.05, 0) is 26.1 Å². The third kappa shape index (κ3) is 8.81. The van der Waals surface area contributed by atoms with Crippen molar-refractivity contribution < 1.29 is 9.84 Å². The maximum absolute atomic E-state index is 9.53. The lowest BCUT2D eigenvalue weighted by Gasteiger charge is -2.23. The number of hydrogen-bond donors (Lipinski definition) is 2. The van der Waals surface area contributed by atoms with E-state index < -0.39 is 0 Å². The average Bonchev–Trinajstić information content (AvgIpc) is 2.14. The minimum atomic E-state index is -0.383. The standard InChI is InChI=1S/C11H26N2O2/c1-5-12-6-10(2)7-13(3)8-11(14)9-15-4/h10-12,14H,5-9H2,1-4H3. The first kappa shape index (κ1) is 14.8. The molecular formula is C11H26N2O2. The molecule has 0 heterocycles. The fraction of sp³-hybridized carbons (Fsp3) is 1.00. The van der Waals surface area contributed by atoms with Crippen LogP contribution in [0.15, 0.2) is 0 Å². The Hall–Kier alpha value is -0.160. The monoisotopic (exact) mass is 218 g/mol. The molecule has 0 spiro atoms. The van der Waals surface area contributed by atoms with Crippen molar-refractivity contribution in [2.45, 2.75) is 20.0 Å². The van der Waals surface area contributed by atoms with Gasteiger partial charge in [0.1, 0.15) is 0 Å². The summed E-state index contributed by atoms with van der Waals surface area (Å²) in [6.07, 6.45) is -0.383. The van der Waals surface area contributed by atoms with Crippen molar-refractivity contribution in [3.63, 3.8) is 0 Å². The Morgan fingerprint density at radius 3 is 2.60 bits per heavy atom. The van der Waals surface area contributed by atoms with Crippen LogP contribution in [0.1, 0.15) is 13.8 Å². The van der Waals surface area contributed by atoms with Gasteiger partial charge >= 0.3 is 0 Å². The van der Waals surface area contributed by atoms with Crippen LogP contribution in [0.2, 0.25) is 0 Å². The van der Waals surface area contributed by atoms with Crippen LogP contribution in [0.4, 0.5) is 0 Å². The predicted molar refractivity (Wildman–Crippen MR) is 63.1 cm³/mol. The molecule has 0 radical (unpaired) electrons. The van der Waals surface area contributed by atoms with E-state index in [-0.39, 0.29) is 6.10 Å². The largest absolute Gasteiger partial charge is 0.389 e. The molecular weight excluding hydrogens is 192 g/mol. The van der Waals surface area contributed by atoms with Gasteiger partial charge in [0.15, 0.2) is 0 Å². The maximum Gasteiger partial charge on any atom is 0.0899 e. The summed E-state index contributed by atoms with van der Waals surface area (Å²) < 4.78 is 4.89. The van der Waals surface area contributed by atoms with E-state index in [9.17, 15) is 5.11 Å². The number of ether oxygens (including phenoxy) is 1. The third-order valence-electron chi connectivity index (χ3n) is 2.25. The molecule has 0 aliphatic heterocycles. The molecule has 0 bridgehead atoms. The Kier molecular flexibility index (Phi) is 9.00. The number of likely N-dealkylation sites (N-methyl/N-ethyl adjacent to an activating group) is 1. The van der Waals surface area contributed by atoms with Gasteiger partial charge in [0, 0.05) is 20.2 Å². The minimum Gasteiger partial charge on any atom is -0.389 e. The van der Waals surface area contributed by atoms with Crippen LogP contribution in [-0.2, 0) is 4.74 Å². The second kappa shape index (κ2) is 9.09. The molecule has 0 aromatic rings. The molecule has 2 N–H and O–H groups in total. The Balaban J connectivity index is 3.57. The third-order valence-corrected chi connectivity index (χ3v) is 2.25. The summed E-state index contributed by atoms with van der Waals surface area (Å²) in [7, 11) is 3.64. The molecule has 0 aromatic heterocycles. The lowest BCUT2D eigenvalue weighted by Crippen LogP contribution is -2.37. The first-order valence-electron chi connectivity index (χ1n) is 5.66. The van der Waals surface area contributed by atoms with Gasteiger partial charge in [-0.15, -0.1) is 0 Å². The van der Waals surface area contributed by atoms with Crippen molar-refractivity contribution in [3.05, 3.63) is 0 Å². The molecule has 2 unspecified atom stereocenters. The van der Waals surface area contributed by atoms with Crippen molar-refractivity contribution in [2.75, 3.05) is 46.9 Å². The summed E-state index contributed by atoms with van der Waals surface area (Å²) in [5.74, 6) is 0.602. The Morgan fingerprint density at radius 2 is 2.07 bits per heavy atom. The fourth-order valence-electron chi connectivity index (χ4n) is 1.67. The number of aliphatic hydroxyl groups is 1. The number of rotatable bonds is 9.